The fourth-order valence-electron chi connectivity index (χ4n) is 1.23. The van der Waals surface area contributed by atoms with Crippen LogP contribution in [-0.4, -0.2) is 4.83 Å². The summed E-state index contributed by atoms with van der Waals surface area (Å²) in [5, 5.41) is 0. The minimum absolute atomic E-state index is 0.730. The summed E-state index contributed by atoms with van der Waals surface area (Å²) in [6.07, 6.45) is 13.8. The van der Waals surface area contributed by atoms with Gasteiger partial charge in [0.25, 0.3) is 0 Å². The van der Waals surface area contributed by atoms with E-state index in [1.807, 2.05) is 0 Å². The molecule has 0 N–H and O–H groups in total. The molecule has 0 spiro atoms. The van der Waals surface area contributed by atoms with Gasteiger partial charge in [-0.05, 0) is 19.3 Å². The van der Waals surface area contributed by atoms with Crippen LogP contribution in [0.4, 0.5) is 0 Å². The van der Waals surface area contributed by atoms with Gasteiger partial charge in [-0.15, -0.1) is 12.3 Å². The van der Waals surface area contributed by atoms with Crippen molar-refractivity contribution in [3.63, 3.8) is 0 Å². The molecule has 0 saturated heterocycles. The van der Waals surface area contributed by atoms with Gasteiger partial charge >= 0.3 is 0 Å². The summed E-state index contributed by atoms with van der Waals surface area (Å²) in [5.41, 5.74) is 0. The van der Waals surface area contributed by atoms with Gasteiger partial charge in [0.15, 0.2) is 0 Å². The molecule has 0 aromatic heterocycles. The topological polar surface area (TPSA) is 0 Å². The van der Waals surface area contributed by atoms with Crippen molar-refractivity contribution in [1.29, 1.82) is 0 Å². The minimum atomic E-state index is 0.730. The molecule has 70 valence electrons. The summed E-state index contributed by atoms with van der Waals surface area (Å²) < 4.78 is 0. The quantitative estimate of drug-likeness (QED) is 0.351. The first-order chi connectivity index (χ1) is 5.81. The molecule has 0 aromatic carbocycles. The lowest BCUT2D eigenvalue weighted by Crippen LogP contribution is -1.96. The van der Waals surface area contributed by atoms with Gasteiger partial charge < -0.3 is 0 Å². The van der Waals surface area contributed by atoms with Crippen LogP contribution in [0.25, 0.3) is 0 Å². The second kappa shape index (κ2) is 9.13. The average molecular weight is 231 g/mol. The average Bonchev–Trinajstić information content (AvgIpc) is 2.05. The van der Waals surface area contributed by atoms with Crippen molar-refractivity contribution in [3.05, 3.63) is 0 Å². The molecule has 0 nitrogen and oxygen atoms in total. The van der Waals surface area contributed by atoms with E-state index in [2.05, 4.69) is 28.8 Å². The third kappa shape index (κ3) is 8.14. The van der Waals surface area contributed by atoms with Crippen LogP contribution in [0.5, 0.6) is 0 Å². The van der Waals surface area contributed by atoms with Crippen LogP contribution in [0.1, 0.15) is 51.9 Å². The highest BCUT2D eigenvalue weighted by Gasteiger charge is 2.00. The van der Waals surface area contributed by atoms with E-state index in [0.717, 1.165) is 11.2 Å². The van der Waals surface area contributed by atoms with Crippen molar-refractivity contribution in [1.82, 2.24) is 0 Å². The first-order valence-electron chi connectivity index (χ1n) is 4.88. The molecule has 1 atom stereocenters. The van der Waals surface area contributed by atoms with Gasteiger partial charge in [0.05, 0.1) is 0 Å². The highest BCUT2D eigenvalue weighted by Crippen LogP contribution is 2.16. The first kappa shape index (κ1) is 12.0. The molecule has 0 bridgehead atoms. The van der Waals surface area contributed by atoms with Crippen molar-refractivity contribution in [2.45, 2.75) is 56.7 Å². The summed E-state index contributed by atoms with van der Waals surface area (Å²) in [7, 11) is 0. The minimum Gasteiger partial charge on any atom is -0.120 e. The molecular weight excluding hydrogens is 212 g/mol. The van der Waals surface area contributed by atoms with Crippen LogP contribution in [0.15, 0.2) is 0 Å². The second-order valence-corrected chi connectivity index (χ2v) is 4.48. The van der Waals surface area contributed by atoms with Crippen molar-refractivity contribution in [2.75, 3.05) is 0 Å². The standard InChI is InChI=1S/C11H19Br/c1-3-5-6-7-8-10-11(12)9-4-2/h1,11H,4-10H2,2H3. The van der Waals surface area contributed by atoms with E-state index in [9.17, 15) is 0 Å². The zero-order chi connectivity index (χ0) is 9.23. The van der Waals surface area contributed by atoms with Gasteiger partial charge in [0, 0.05) is 11.2 Å². The third-order valence-electron chi connectivity index (χ3n) is 1.94. The summed E-state index contributed by atoms with van der Waals surface area (Å²) in [4.78, 5) is 0.730. The smallest absolute Gasteiger partial charge is 0.0145 e. The van der Waals surface area contributed by atoms with E-state index in [-0.39, 0.29) is 0 Å². The van der Waals surface area contributed by atoms with Gasteiger partial charge in [-0.3, -0.25) is 0 Å². The van der Waals surface area contributed by atoms with Gasteiger partial charge in [-0.25, -0.2) is 0 Å². The fourth-order valence-corrected chi connectivity index (χ4v) is 2.01. The fraction of sp³-hybridized carbons (Fsp3) is 0.818. The van der Waals surface area contributed by atoms with E-state index < -0.39 is 0 Å². The molecule has 0 radical (unpaired) electrons. The molecule has 0 aliphatic heterocycles. The normalized spacial score (nSPS) is 12.4. The number of hydrogen-bond acceptors (Lipinski definition) is 0. The van der Waals surface area contributed by atoms with Crippen LogP contribution in [0, 0.1) is 12.3 Å². The molecule has 0 fully saturated rings. The Balaban J connectivity index is 3.04. The van der Waals surface area contributed by atoms with E-state index in [4.69, 9.17) is 6.42 Å². The maximum atomic E-state index is 5.16. The van der Waals surface area contributed by atoms with Crippen LogP contribution in [0.3, 0.4) is 0 Å². The maximum absolute atomic E-state index is 5.16. The Kier molecular flexibility index (Phi) is 9.16. The van der Waals surface area contributed by atoms with E-state index in [1.165, 1.54) is 38.5 Å². The monoisotopic (exact) mass is 230 g/mol. The molecule has 0 aromatic rings. The van der Waals surface area contributed by atoms with Crippen LogP contribution < -0.4 is 0 Å². The maximum Gasteiger partial charge on any atom is 0.0145 e. The van der Waals surface area contributed by atoms with Gasteiger partial charge in [0.2, 0.25) is 0 Å². The van der Waals surface area contributed by atoms with E-state index in [0.29, 0.717) is 0 Å². The summed E-state index contributed by atoms with van der Waals surface area (Å²) >= 11 is 3.67. The Bertz CT molecular complexity index is 123. The Labute approximate surface area is 85.3 Å². The number of alkyl halides is 1. The zero-order valence-electron chi connectivity index (χ0n) is 7.98. The van der Waals surface area contributed by atoms with Crippen molar-refractivity contribution >= 4 is 15.9 Å². The molecule has 0 aliphatic carbocycles. The lowest BCUT2D eigenvalue weighted by molar-refractivity contribution is 0.611. The van der Waals surface area contributed by atoms with Gasteiger partial charge in [0.1, 0.15) is 0 Å². The number of unbranched alkanes of at least 4 members (excludes halogenated alkanes) is 3. The number of hydrogen-bond donors (Lipinski definition) is 0. The highest BCUT2D eigenvalue weighted by molar-refractivity contribution is 9.09. The SMILES string of the molecule is C#CCCCCCC(Br)CCC. The van der Waals surface area contributed by atoms with Crippen molar-refractivity contribution in [2.24, 2.45) is 0 Å². The molecule has 1 unspecified atom stereocenters. The van der Waals surface area contributed by atoms with Crippen LogP contribution in [0.2, 0.25) is 0 Å². The second-order valence-electron chi connectivity index (χ2n) is 3.19. The number of halogens is 1. The Hall–Kier alpha value is 0.0400. The molecule has 0 amide bonds. The molecule has 0 rings (SSSR count). The molecule has 0 aliphatic rings. The van der Waals surface area contributed by atoms with E-state index in [1.54, 1.807) is 0 Å². The zero-order valence-corrected chi connectivity index (χ0v) is 9.57. The van der Waals surface area contributed by atoms with Gasteiger partial charge in [-0.1, -0.05) is 42.1 Å². The summed E-state index contributed by atoms with van der Waals surface area (Å²) in [6, 6.07) is 0. The molecule has 0 saturated carbocycles. The van der Waals surface area contributed by atoms with Crippen LogP contribution >= 0.6 is 15.9 Å². The van der Waals surface area contributed by atoms with Crippen molar-refractivity contribution in [3.8, 4) is 12.3 Å². The highest BCUT2D eigenvalue weighted by atomic mass is 79.9. The molecule has 0 heterocycles. The predicted octanol–water partition coefficient (Wildman–Crippen LogP) is 4.13. The summed E-state index contributed by atoms with van der Waals surface area (Å²) in [5.74, 6) is 2.67. The number of terminal acetylenes is 1. The molecule has 12 heavy (non-hydrogen) atoms. The van der Waals surface area contributed by atoms with E-state index >= 15 is 0 Å². The Morgan fingerprint density at radius 3 is 2.58 bits per heavy atom. The molecular formula is C11H19Br. The summed E-state index contributed by atoms with van der Waals surface area (Å²) in [6.45, 7) is 2.23. The number of rotatable bonds is 7. The third-order valence-corrected chi connectivity index (χ3v) is 2.86. The first-order valence-corrected chi connectivity index (χ1v) is 5.80. The van der Waals surface area contributed by atoms with Crippen LogP contribution in [-0.2, 0) is 0 Å². The van der Waals surface area contributed by atoms with Crippen molar-refractivity contribution < 1.29 is 0 Å². The molecule has 1 heteroatoms. The van der Waals surface area contributed by atoms with Gasteiger partial charge in [-0.2, -0.15) is 0 Å². The lowest BCUT2D eigenvalue weighted by atomic mass is 10.1. The largest absolute Gasteiger partial charge is 0.120 e. The predicted molar refractivity (Wildman–Crippen MR) is 59.5 cm³/mol. The Morgan fingerprint density at radius 1 is 1.25 bits per heavy atom. The Morgan fingerprint density at radius 2 is 2.00 bits per heavy atom. The lowest BCUT2D eigenvalue weighted by Gasteiger charge is -2.06.